The fraction of sp³-hybridized carbons (Fsp3) is 0.344. The van der Waals surface area contributed by atoms with E-state index in [1.54, 1.807) is 36.4 Å². The Morgan fingerprint density at radius 1 is 0.372 bits per heavy atom. The van der Waals surface area contributed by atoms with E-state index in [1.165, 1.54) is 72.8 Å². The number of aromatic amines is 2. The zero-order valence-corrected chi connectivity index (χ0v) is 48.4. The molecule has 3 saturated heterocycles. The number of aliphatic hydroxyl groups is 14. The van der Waals surface area contributed by atoms with Gasteiger partial charge in [0.05, 0.1) is 53.7 Å². The number of rotatable bonds is 13. The van der Waals surface area contributed by atoms with Crippen LogP contribution >= 0.6 is 0 Å². The first-order chi connectivity index (χ1) is 44.7. The summed E-state index contributed by atoms with van der Waals surface area (Å²) < 4.78 is 124. The number of alkyl halides is 6. The van der Waals surface area contributed by atoms with Crippen LogP contribution in [0.2, 0.25) is 0 Å². The number of fused-ring (bicyclic) bond motifs is 8. The van der Waals surface area contributed by atoms with Gasteiger partial charge in [0.1, 0.15) is 103 Å². The summed E-state index contributed by atoms with van der Waals surface area (Å²) in [7, 11) is 0. The second-order valence-electron chi connectivity index (χ2n) is 22.9. The van der Waals surface area contributed by atoms with Gasteiger partial charge in [-0.05, 0) is 113 Å². The molecule has 5 aliphatic rings. The molecule has 12 rings (SSSR count). The normalized spacial score (nSPS) is 28.9. The van der Waals surface area contributed by atoms with Gasteiger partial charge in [-0.15, -0.1) is 0 Å². The van der Waals surface area contributed by atoms with Gasteiger partial charge in [-0.25, -0.2) is 4.98 Å². The summed E-state index contributed by atoms with van der Waals surface area (Å²) in [6.07, 6.45) is -37.6. The molecule has 8 bridgehead atoms. The number of hydrogen-bond donors (Lipinski definition) is 16. The van der Waals surface area contributed by atoms with E-state index in [-0.39, 0.29) is 84.6 Å². The highest BCUT2D eigenvalue weighted by molar-refractivity contribution is 5.98. The molecule has 3 aromatic heterocycles. The molecule has 0 aliphatic carbocycles. The number of ether oxygens (including phenoxy) is 6. The standard InChI is InChI=1S/C64H60F6N4O20/c65-63(66,67)29-16-28(17-30(21-29)64(68,69)70)46-39-15-13-37(73-39)44(26-5-2-8-32(19-26)90-61-58(87)55(84)50(79)41(23-76)93-61)35-11-10-34(71-35)43(25-4-1-7-31(18-25)89-60-57(86)54(83)49(78)40(22-75)92-60)36-12-14-38(72-36)45(47-52(81)53(82)48(46)74-47)27-6-3-9-33(20-27)91-62-59(88)56(85)51(80)42(24-77)94-62/h1-21,40-42,49-62,72-73,75-88H,22-24H2/t40?,41?,42?,49-,50-,51-,52-,53+,54?,55?,56?,57-,58-,59-,60+,61+,62+/m1/s1. The monoisotopic (exact) mass is 1320 g/mol. The average Bonchev–Trinajstić information content (AvgIpc) is 1.60. The van der Waals surface area contributed by atoms with Crippen LogP contribution in [0.5, 0.6) is 17.2 Å². The van der Waals surface area contributed by atoms with Crippen LogP contribution in [0.25, 0.3) is 78.7 Å². The number of hydrogen-bond acceptors (Lipinski definition) is 22. The van der Waals surface area contributed by atoms with Gasteiger partial charge in [-0.3, -0.25) is 4.98 Å². The largest absolute Gasteiger partial charge is 0.462 e. The van der Waals surface area contributed by atoms with Crippen LogP contribution in [-0.4, -0.2) is 203 Å². The maximum absolute atomic E-state index is 14.9. The number of H-pyrrole nitrogens is 2. The highest BCUT2D eigenvalue weighted by Gasteiger charge is 2.48. The van der Waals surface area contributed by atoms with E-state index in [1.807, 2.05) is 0 Å². The van der Waals surface area contributed by atoms with Crippen LogP contribution in [-0.2, 0) is 26.6 Å². The van der Waals surface area contributed by atoms with Crippen molar-refractivity contribution < 1.29 is 126 Å². The second-order valence-corrected chi connectivity index (χ2v) is 22.9. The Bertz CT molecular complexity index is 4130. The Balaban J connectivity index is 1.15. The third kappa shape index (κ3) is 12.5. The second kappa shape index (κ2) is 26.0. The minimum Gasteiger partial charge on any atom is -0.462 e. The van der Waals surface area contributed by atoms with E-state index in [0.717, 1.165) is 0 Å². The number of nitrogens with one attached hydrogen (secondary N) is 2. The van der Waals surface area contributed by atoms with Gasteiger partial charge < -0.3 is 110 Å². The molecule has 24 nitrogen and oxygen atoms in total. The van der Waals surface area contributed by atoms with Crippen molar-refractivity contribution in [1.29, 1.82) is 0 Å². The van der Waals surface area contributed by atoms with Crippen molar-refractivity contribution in [2.24, 2.45) is 0 Å². The number of benzene rings is 4. The highest BCUT2D eigenvalue weighted by Crippen LogP contribution is 2.48. The van der Waals surface area contributed by atoms with Crippen LogP contribution in [0.4, 0.5) is 26.3 Å². The van der Waals surface area contributed by atoms with Crippen molar-refractivity contribution in [3.8, 4) is 61.8 Å². The third-order valence-corrected chi connectivity index (χ3v) is 16.8. The van der Waals surface area contributed by atoms with E-state index in [0.29, 0.717) is 17.7 Å². The zero-order chi connectivity index (χ0) is 67.0. The Hall–Kier alpha value is -7.96. The number of aliphatic hydroxyl groups excluding tert-OH is 14. The van der Waals surface area contributed by atoms with Gasteiger partial charge in [0, 0.05) is 44.3 Å². The molecule has 0 radical (unpaired) electrons. The minimum atomic E-state index is -5.39. The Labute approximate surface area is 526 Å². The maximum atomic E-state index is 14.9. The molecule has 3 fully saturated rings. The molecule has 7 aromatic rings. The first kappa shape index (κ1) is 66.1. The SMILES string of the molecule is OCC1O[C@H](Oc2cccc(-c3c4nc(c(-c5cccc(O[C@H]6OC(CO)[C@@H](O)C(O)[C@H]6O)c5)c5ccc([nH]5)c(-c5cc(C(F)(F)F)cc(C(F)(F)F)c5)c5nc(c(-c6cccc(O[C@H]7OC(CO)[C@@H](O)C(O)[C@H]7O)c6)c6ccc3[nH]6)[C@@H](O)[C@H]5O)C=C4)c2)[C@H](O)C(O)[C@@H]1O. The summed E-state index contributed by atoms with van der Waals surface area (Å²) in [4.78, 5) is 16.3. The third-order valence-electron chi connectivity index (χ3n) is 16.8. The summed E-state index contributed by atoms with van der Waals surface area (Å²) in [6.45, 7) is -2.37. The maximum Gasteiger partial charge on any atom is 0.416 e. The van der Waals surface area contributed by atoms with Gasteiger partial charge in [0.15, 0.2) is 0 Å². The first-order valence-corrected chi connectivity index (χ1v) is 29.1. The Morgan fingerprint density at radius 3 is 1.02 bits per heavy atom. The van der Waals surface area contributed by atoms with Crippen LogP contribution in [0.3, 0.4) is 0 Å². The molecule has 4 aromatic carbocycles. The van der Waals surface area contributed by atoms with Crippen LogP contribution < -0.4 is 14.2 Å². The van der Waals surface area contributed by atoms with E-state index < -0.39 is 170 Å². The number of nitrogens with zero attached hydrogens (tertiary/aromatic N) is 2. The Kier molecular flexibility index (Phi) is 18.3. The molecule has 5 aliphatic heterocycles. The molecule has 30 heteroatoms. The first-order valence-electron chi connectivity index (χ1n) is 29.1. The molecule has 0 spiro atoms. The van der Waals surface area contributed by atoms with Crippen LogP contribution in [0, 0.1) is 0 Å². The molecule has 94 heavy (non-hydrogen) atoms. The number of aromatic nitrogens is 4. The van der Waals surface area contributed by atoms with Crippen molar-refractivity contribution in [2.75, 3.05) is 19.8 Å². The lowest BCUT2D eigenvalue weighted by molar-refractivity contribution is -0.277. The molecular weight excluding hydrogens is 1260 g/mol. The molecular formula is C64H60F6N4O20. The predicted molar refractivity (Wildman–Crippen MR) is 315 cm³/mol. The average molecular weight is 1320 g/mol. The zero-order valence-electron chi connectivity index (χ0n) is 48.4. The van der Waals surface area contributed by atoms with Gasteiger partial charge in [0.25, 0.3) is 0 Å². The summed E-state index contributed by atoms with van der Waals surface area (Å²) in [5, 5.41) is 151. The molecule has 498 valence electrons. The van der Waals surface area contributed by atoms with Gasteiger partial charge in [-0.1, -0.05) is 36.4 Å². The molecule has 0 amide bonds. The van der Waals surface area contributed by atoms with Crippen molar-refractivity contribution in [2.45, 2.75) is 117 Å². The quantitative estimate of drug-likeness (QED) is 0.0735. The van der Waals surface area contributed by atoms with Gasteiger partial charge in [-0.2, -0.15) is 26.3 Å². The van der Waals surface area contributed by atoms with E-state index in [4.69, 9.17) is 38.4 Å². The molecule has 6 unspecified atom stereocenters. The molecule has 8 heterocycles. The molecule has 17 atom stereocenters. The fourth-order valence-electron chi connectivity index (χ4n) is 11.9. The van der Waals surface area contributed by atoms with Crippen molar-refractivity contribution >= 4 is 34.2 Å². The summed E-state index contributed by atoms with van der Waals surface area (Å²) in [5.74, 6) is -0.186. The summed E-state index contributed by atoms with van der Waals surface area (Å²) in [6, 6.07) is 24.1. The highest BCUT2D eigenvalue weighted by atomic mass is 19.4. The van der Waals surface area contributed by atoms with E-state index >= 15 is 0 Å². The molecule has 16 N–H and O–H groups in total. The lowest BCUT2D eigenvalue weighted by Crippen LogP contribution is -2.60. The Morgan fingerprint density at radius 2 is 0.691 bits per heavy atom. The van der Waals surface area contributed by atoms with Crippen LogP contribution in [0.15, 0.2) is 115 Å². The minimum absolute atomic E-state index is 0.00143. The summed E-state index contributed by atoms with van der Waals surface area (Å²) in [5.41, 5.74) is -4.79. The molecule has 0 saturated carbocycles. The lowest BCUT2D eigenvalue weighted by atomic mass is 9.95. The van der Waals surface area contributed by atoms with Gasteiger partial charge >= 0.3 is 12.4 Å². The van der Waals surface area contributed by atoms with Crippen molar-refractivity contribution in [3.05, 3.63) is 149 Å². The summed E-state index contributed by atoms with van der Waals surface area (Å²) >= 11 is 0. The van der Waals surface area contributed by atoms with Gasteiger partial charge in [0.2, 0.25) is 18.9 Å². The predicted octanol–water partition coefficient (Wildman–Crippen LogP) is 3.49. The lowest BCUT2D eigenvalue weighted by Gasteiger charge is -2.39. The smallest absolute Gasteiger partial charge is 0.416 e. The van der Waals surface area contributed by atoms with Crippen LogP contribution in [0.1, 0.15) is 46.1 Å². The number of halogens is 6. The van der Waals surface area contributed by atoms with E-state index in [9.17, 15) is 97.8 Å². The van der Waals surface area contributed by atoms with Crippen molar-refractivity contribution in [3.63, 3.8) is 0 Å². The fourth-order valence-corrected chi connectivity index (χ4v) is 11.9. The van der Waals surface area contributed by atoms with E-state index in [2.05, 4.69) is 9.97 Å². The topological polar surface area (TPSA) is 396 Å². The van der Waals surface area contributed by atoms with Crippen molar-refractivity contribution in [1.82, 2.24) is 19.9 Å².